The van der Waals surface area contributed by atoms with Crippen LogP contribution in [0.3, 0.4) is 0 Å². The number of benzene rings is 1. The molecule has 0 spiro atoms. The number of nitro groups is 2. The second-order valence-electron chi connectivity index (χ2n) is 5.98. The van der Waals surface area contributed by atoms with Crippen LogP contribution >= 0.6 is 0 Å². The quantitative estimate of drug-likeness (QED) is 0.583. The molecule has 1 aromatic heterocycles. The molecule has 0 unspecified atom stereocenters. The third-order valence-corrected chi connectivity index (χ3v) is 4.40. The van der Waals surface area contributed by atoms with Crippen LogP contribution in [0.4, 0.5) is 17.3 Å². The number of hydrogen-bond acceptors (Lipinski definition) is 8. The highest BCUT2D eigenvalue weighted by Gasteiger charge is 2.29. The maximum absolute atomic E-state index is 12.8. The van der Waals surface area contributed by atoms with Gasteiger partial charge < -0.3 is 9.80 Å². The fraction of sp³-hybridized carbons (Fsp3) is 0.312. The Morgan fingerprint density at radius 3 is 2.22 bits per heavy atom. The van der Waals surface area contributed by atoms with Crippen molar-refractivity contribution in [2.24, 2.45) is 0 Å². The Morgan fingerprint density at radius 2 is 1.67 bits per heavy atom. The van der Waals surface area contributed by atoms with Crippen molar-refractivity contribution in [1.29, 1.82) is 0 Å². The van der Waals surface area contributed by atoms with E-state index in [1.807, 2.05) is 4.90 Å². The van der Waals surface area contributed by atoms with Gasteiger partial charge in [-0.15, -0.1) is 0 Å². The SMILES string of the molecule is Cc1c(C(=O)N2CCN(c3ncccn3)CC2)cc([N+](=O)[O-])cc1[N+](=O)[O-]. The Labute approximate surface area is 153 Å². The van der Waals surface area contributed by atoms with E-state index >= 15 is 0 Å². The number of hydrogen-bond donors (Lipinski definition) is 0. The van der Waals surface area contributed by atoms with Crippen LogP contribution in [-0.4, -0.2) is 56.8 Å². The van der Waals surface area contributed by atoms with Crippen LogP contribution < -0.4 is 4.90 Å². The van der Waals surface area contributed by atoms with Gasteiger partial charge in [0.25, 0.3) is 17.3 Å². The van der Waals surface area contributed by atoms with E-state index in [2.05, 4.69) is 9.97 Å². The van der Waals surface area contributed by atoms with Crippen LogP contribution in [0.5, 0.6) is 0 Å². The van der Waals surface area contributed by atoms with E-state index in [9.17, 15) is 25.0 Å². The van der Waals surface area contributed by atoms with Crippen molar-refractivity contribution in [3.05, 3.63) is 61.9 Å². The Balaban J connectivity index is 1.82. The van der Waals surface area contributed by atoms with Gasteiger partial charge in [-0.25, -0.2) is 9.97 Å². The first-order valence-electron chi connectivity index (χ1n) is 8.13. The molecule has 0 bridgehead atoms. The third-order valence-electron chi connectivity index (χ3n) is 4.40. The summed E-state index contributed by atoms with van der Waals surface area (Å²) in [6.07, 6.45) is 3.26. The highest BCUT2D eigenvalue weighted by Crippen LogP contribution is 2.29. The lowest BCUT2D eigenvalue weighted by atomic mass is 10.0. The fourth-order valence-electron chi connectivity index (χ4n) is 2.94. The molecule has 27 heavy (non-hydrogen) atoms. The molecular weight excluding hydrogens is 356 g/mol. The first kappa shape index (κ1) is 18.2. The normalized spacial score (nSPS) is 14.1. The van der Waals surface area contributed by atoms with E-state index in [-0.39, 0.29) is 11.1 Å². The second kappa shape index (κ2) is 7.32. The summed E-state index contributed by atoms with van der Waals surface area (Å²) in [6.45, 7) is 3.11. The van der Waals surface area contributed by atoms with Gasteiger partial charge in [-0.2, -0.15) is 0 Å². The molecule has 11 heteroatoms. The number of amides is 1. The third kappa shape index (κ3) is 3.66. The van der Waals surface area contributed by atoms with E-state index in [0.717, 1.165) is 12.1 Å². The molecule has 0 N–H and O–H groups in total. The maximum atomic E-state index is 12.8. The fourth-order valence-corrected chi connectivity index (χ4v) is 2.94. The molecule has 11 nitrogen and oxygen atoms in total. The van der Waals surface area contributed by atoms with Crippen molar-refractivity contribution >= 4 is 23.2 Å². The molecule has 2 aromatic rings. The lowest BCUT2D eigenvalue weighted by Crippen LogP contribution is -2.49. The largest absolute Gasteiger partial charge is 0.337 e. The van der Waals surface area contributed by atoms with E-state index in [0.29, 0.717) is 32.1 Å². The monoisotopic (exact) mass is 372 g/mol. The van der Waals surface area contributed by atoms with Crippen molar-refractivity contribution in [3.63, 3.8) is 0 Å². The molecule has 0 saturated carbocycles. The smallest absolute Gasteiger partial charge is 0.279 e. The standard InChI is InChI=1S/C16H16N6O5/c1-11-13(9-12(21(24)25)10-14(11)22(26)27)15(23)19-5-7-20(8-6-19)16-17-3-2-4-18-16/h2-4,9-10H,5-8H2,1H3. The van der Waals surface area contributed by atoms with E-state index in [1.165, 1.54) is 11.8 Å². The molecular formula is C16H16N6O5. The predicted octanol–water partition coefficient (Wildman–Crippen LogP) is 1.56. The highest BCUT2D eigenvalue weighted by atomic mass is 16.6. The first-order valence-corrected chi connectivity index (χ1v) is 8.13. The average molecular weight is 372 g/mol. The van der Waals surface area contributed by atoms with Crippen molar-refractivity contribution in [1.82, 2.24) is 14.9 Å². The van der Waals surface area contributed by atoms with Crippen molar-refractivity contribution < 1.29 is 14.6 Å². The first-order chi connectivity index (χ1) is 12.9. The highest BCUT2D eigenvalue weighted by molar-refractivity contribution is 5.97. The molecule has 0 aliphatic carbocycles. The summed E-state index contributed by atoms with van der Waals surface area (Å²) in [6, 6.07) is 3.68. The number of rotatable bonds is 4. The Morgan fingerprint density at radius 1 is 1.04 bits per heavy atom. The predicted molar refractivity (Wildman–Crippen MR) is 94.6 cm³/mol. The number of non-ortho nitro benzene ring substituents is 1. The molecule has 1 aliphatic heterocycles. The number of carbonyl (C=O) groups excluding carboxylic acids is 1. The number of anilines is 1. The van der Waals surface area contributed by atoms with E-state index in [4.69, 9.17) is 0 Å². The zero-order chi connectivity index (χ0) is 19.6. The van der Waals surface area contributed by atoms with Gasteiger partial charge >= 0.3 is 0 Å². The topological polar surface area (TPSA) is 136 Å². The molecule has 140 valence electrons. The molecule has 2 heterocycles. The lowest BCUT2D eigenvalue weighted by Gasteiger charge is -2.34. The molecule has 1 aliphatic rings. The minimum atomic E-state index is -0.742. The zero-order valence-electron chi connectivity index (χ0n) is 14.4. The Bertz CT molecular complexity index is 896. The molecule has 0 atom stereocenters. The summed E-state index contributed by atoms with van der Waals surface area (Å²) in [5.41, 5.74) is -0.833. The van der Waals surface area contributed by atoms with E-state index < -0.39 is 27.1 Å². The number of carbonyl (C=O) groups is 1. The van der Waals surface area contributed by atoms with Gasteiger partial charge in [0.1, 0.15) is 0 Å². The molecule has 1 aromatic carbocycles. The lowest BCUT2D eigenvalue weighted by molar-refractivity contribution is -0.394. The summed E-state index contributed by atoms with van der Waals surface area (Å²) in [5.74, 6) is 0.0969. The van der Waals surface area contributed by atoms with Gasteiger partial charge in [0.15, 0.2) is 0 Å². The average Bonchev–Trinajstić information content (AvgIpc) is 2.68. The molecule has 3 rings (SSSR count). The van der Waals surface area contributed by atoms with Crippen molar-refractivity contribution in [3.8, 4) is 0 Å². The number of piperazine rings is 1. The molecule has 0 radical (unpaired) electrons. The number of nitro benzene ring substituents is 2. The van der Waals surface area contributed by atoms with Gasteiger partial charge in [0, 0.05) is 50.2 Å². The van der Waals surface area contributed by atoms with Gasteiger partial charge in [-0.05, 0) is 13.0 Å². The molecule has 1 fully saturated rings. The summed E-state index contributed by atoms with van der Waals surface area (Å²) >= 11 is 0. The van der Waals surface area contributed by atoms with Crippen LogP contribution in [-0.2, 0) is 0 Å². The maximum Gasteiger partial charge on any atom is 0.279 e. The van der Waals surface area contributed by atoms with E-state index in [1.54, 1.807) is 18.5 Å². The van der Waals surface area contributed by atoms with Gasteiger partial charge in [0.05, 0.1) is 21.5 Å². The van der Waals surface area contributed by atoms with Crippen LogP contribution in [0.25, 0.3) is 0 Å². The van der Waals surface area contributed by atoms with Crippen LogP contribution in [0, 0.1) is 27.2 Å². The van der Waals surface area contributed by atoms with Crippen LogP contribution in [0.1, 0.15) is 15.9 Å². The number of nitrogens with zero attached hydrogens (tertiary/aromatic N) is 6. The Kier molecular flexibility index (Phi) is 4.92. The number of aromatic nitrogens is 2. The summed E-state index contributed by atoms with van der Waals surface area (Å²) in [4.78, 5) is 45.4. The minimum absolute atomic E-state index is 0.0275. The zero-order valence-corrected chi connectivity index (χ0v) is 14.4. The van der Waals surface area contributed by atoms with Crippen molar-refractivity contribution in [2.75, 3.05) is 31.1 Å². The minimum Gasteiger partial charge on any atom is -0.337 e. The summed E-state index contributed by atoms with van der Waals surface area (Å²) < 4.78 is 0. The Hall–Kier alpha value is -3.63. The van der Waals surface area contributed by atoms with Gasteiger partial charge in [-0.3, -0.25) is 25.0 Å². The molecule has 1 saturated heterocycles. The summed E-state index contributed by atoms with van der Waals surface area (Å²) in [7, 11) is 0. The van der Waals surface area contributed by atoms with Crippen LogP contribution in [0.15, 0.2) is 30.6 Å². The van der Waals surface area contributed by atoms with Crippen molar-refractivity contribution in [2.45, 2.75) is 6.92 Å². The molecule has 1 amide bonds. The van der Waals surface area contributed by atoms with Gasteiger partial charge in [0.2, 0.25) is 5.95 Å². The van der Waals surface area contributed by atoms with Gasteiger partial charge in [-0.1, -0.05) is 0 Å². The second-order valence-corrected chi connectivity index (χ2v) is 5.98. The van der Waals surface area contributed by atoms with Crippen LogP contribution in [0.2, 0.25) is 0 Å². The summed E-state index contributed by atoms with van der Waals surface area (Å²) in [5, 5.41) is 22.3.